The van der Waals surface area contributed by atoms with Gasteiger partial charge in [0.1, 0.15) is 0 Å². The van der Waals surface area contributed by atoms with Crippen LogP contribution in [0.15, 0.2) is 24.3 Å². The van der Waals surface area contributed by atoms with Crippen LogP contribution in [0.4, 0.5) is 0 Å². The third-order valence-corrected chi connectivity index (χ3v) is 5.02. The molecule has 16 heavy (non-hydrogen) atoms. The van der Waals surface area contributed by atoms with E-state index in [0.29, 0.717) is 12.2 Å². The molecule has 0 heterocycles. The second-order valence-electron chi connectivity index (χ2n) is 3.44. The van der Waals surface area contributed by atoms with E-state index in [1.165, 1.54) is 5.30 Å². The lowest BCUT2D eigenvalue weighted by Crippen LogP contribution is -2.10. The van der Waals surface area contributed by atoms with Gasteiger partial charge in [-0.2, -0.15) is 0 Å². The van der Waals surface area contributed by atoms with Gasteiger partial charge in [-0.1, -0.05) is 33.9 Å². The highest BCUT2D eigenvalue weighted by molar-refractivity contribution is 7.65. The Balaban J connectivity index is 2.89. The van der Waals surface area contributed by atoms with Gasteiger partial charge >= 0.3 is 5.97 Å². The summed E-state index contributed by atoms with van der Waals surface area (Å²) in [6, 6.07) is 7.86. The second-order valence-corrected chi connectivity index (χ2v) is 6.30. The smallest absolute Gasteiger partial charge is 0.338 e. The summed E-state index contributed by atoms with van der Waals surface area (Å²) in [5, 5.41) is 1.30. The largest absolute Gasteiger partial charge is 0.462 e. The first kappa shape index (κ1) is 13.2. The Labute approximate surface area is 98.8 Å². The average Bonchev–Trinajstić information content (AvgIpc) is 2.31. The van der Waals surface area contributed by atoms with Gasteiger partial charge in [-0.3, -0.25) is 0 Å². The predicted molar refractivity (Wildman–Crippen MR) is 70.0 cm³/mol. The first-order valence-electron chi connectivity index (χ1n) is 5.75. The van der Waals surface area contributed by atoms with E-state index in [9.17, 15) is 4.79 Å². The fourth-order valence-electron chi connectivity index (χ4n) is 1.63. The summed E-state index contributed by atoms with van der Waals surface area (Å²) in [6.07, 6.45) is 2.33. The van der Waals surface area contributed by atoms with Crippen LogP contribution in [0.3, 0.4) is 0 Å². The van der Waals surface area contributed by atoms with Gasteiger partial charge < -0.3 is 4.74 Å². The van der Waals surface area contributed by atoms with Crippen LogP contribution in [-0.2, 0) is 4.74 Å². The summed E-state index contributed by atoms with van der Waals surface area (Å²) in [5.74, 6) is -0.216. The summed E-state index contributed by atoms with van der Waals surface area (Å²) < 4.78 is 5.00. The Morgan fingerprint density at radius 2 is 1.94 bits per heavy atom. The molecule has 0 radical (unpaired) electrons. The Morgan fingerprint density at radius 1 is 1.25 bits per heavy atom. The number of esters is 1. The van der Waals surface area contributed by atoms with Crippen LogP contribution < -0.4 is 5.30 Å². The van der Waals surface area contributed by atoms with E-state index in [1.54, 1.807) is 0 Å². The van der Waals surface area contributed by atoms with Crippen molar-refractivity contribution in [1.82, 2.24) is 0 Å². The van der Waals surface area contributed by atoms with Crippen LogP contribution in [0.25, 0.3) is 0 Å². The summed E-state index contributed by atoms with van der Waals surface area (Å²) in [4.78, 5) is 11.6. The standard InChI is InChI=1S/C13H19O2P/c1-4-15-13(14)11-8-7-9-12(10-11)16(5-2)6-3/h7-10H,4-6H2,1-3H3. The zero-order valence-corrected chi connectivity index (χ0v) is 11.1. The van der Waals surface area contributed by atoms with Gasteiger partial charge in [0.25, 0.3) is 0 Å². The monoisotopic (exact) mass is 238 g/mol. The van der Waals surface area contributed by atoms with Gasteiger partial charge in [0.2, 0.25) is 0 Å². The lowest BCUT2D eigenvalue weighted by atomic mass is 10.2. The van der Waals surface area contributed by atoms with Crippen LogP contribution in [0.2, 0.25) is 0 Å². The van der Waals surface area contributed by atoms with Crippen molar-refractivity contribution < 1.29 is 9.53 Å². The van der Waals surface area contributed by atoms with Crippen LogP contribution in [-0.4, -0.2) is 24.9 Å². The number of rotatable bonds is 5. The van der Waals surface area contributed by atoms with Crippen molar-refractivity contribution in [2.24, 2.45) is 0 Å². The van der Waals surface area contributed by atoms with Crippen LogP contribution >= 0.6 is 7.92 Å². The Bertz CT molecular complexity index is 346. The highest BCUT2D eigenvalue weighted by Crippen LogP contribution is 2.32. The van der Waals surface area contributed by atoms with Crippen molar-refractivity contribution in [3.05, 3.63) is 29.8 Å². The molecule has 2 nitrogen and oxygen atoms in total. The third kappa shape index (κ3) is 3.31. The molecule has 1 aromatic carbocycles. The summed E-state index contributed by atoms with van der Waals surface area (Å²) in [7, 11) is -0.109. The molecule has 0 saturated carbocycles. The SMILES string of the molecule is CCOC(=O)c1cccc(P(CC)CC)c1. The molecule has 1 rings (SSSR count). The minimum atomic E-state index is -0.216. The molecule has 0 aliphatic carbocycles. The molecule has 0 amide bonds. The van der Waals surface area contributed by atoms with E-state index in [2.05, 4.69) is 19.9 Å². The van der Waals surface area contributed by atoms with E-state index in [-0.39, 0.29) is 13.9 Å². The van der Waals surface area contributed by atoms with E-state index < -0.39 is 0 Å². The van der Waals surface area contributed by atoms with Crippen LogP contribution in [0, 0.1) is 0 Å². The summed E-state index contributed by atoms with van der Waals surface area (Å²) in [6.45, 7) is 6.66. The molecule has 0 bridgehead atoms. The zero-order chi connectivity index (χ0) is 12.0. The lowest BCUT2D eigenvalue weighted by molar-refractivity contribution is 0.0526. The Hall–Kier alpha value is -0.880. The molecule has 88 valence electrons. The van der Waals surface area contributed by atoms with Crippen molar-refractivity contribution in [3.8, 4) is 0 Å². The Morgan fingerprint density at radius 3 is 2.50 bits per heavy atom. The van der Waals surface area contributed by atoms with Crippen molar-refractivity contribution in [1.29, 1.82) is 0 Å². The molecule has 0 spiro atoms. The van der Waals surface area contributed by atoms with Gasteiger partial charge in [-0.15, -0.1) is 0 Å². The Kier molecular flexibility index (Phi) is 5.48. The molecular weight excluding hydrogens is 219 g/mol. The molecule has 0 N–H and O–H groups in total. The molecular formula is C13H19O2P. The molecule has 0 aromatic heterocycles. The fraction of sp³-hybridized carbons (Fsp3) is 0.462. The van der Waals surface area contributed by atoms with Gasteiger partial charge in [0, 0.05) is 0 Å². The fourth-order valence-corrected chi connectivity index (χ4v) is 3.43. The van der Waals surface area contributed by atoms with Crippen molar-refractivity contribution >= 4 is 19.2 Å². The van der Waals surface area contributed by atoms with Gasteiger partial charge in [0.15, 0.2) is 0 Å². The number of carbonyl (C=O) groups is 1. The van der Waals surface area contributed by atoms with E-state index in [0.717, 1.165) is 12.3 Å². The van der Waals surface area contributed by atoms with Crippen LogP contribution in [0.1, 0.15) is 31.1 Å². The molecule has 0 fully saturated rings. The molecule has 0 atom stereocenters. The van der Waals surface area contributed by atoms with Gasteiger partial charge in [-0.25, -0.2) is 4.79 Å². The quantitative estimate of drug-likeness (QED) is 0.582. The normalized spacial score (nSPS) is 10.5. The van der Waals surface area contributed by atoms with Crippen molar-refractivity contribution in [3.63, 3.8) is 0 Å². The molecule has 1 aromatic rings. The van der Waals surface area contributed by atoms with E-state index in [1.807, 2.05) is 25.1 Å². The maximum atomic E-state index is 11.6. The minimum absolute atomic E-state index is 0.109. The van der Waals surface area contributed by atoms with E-state index in [4.69, 9.17) is 4.74 Å². The first-order chi connectivity index (χ1) is 7.72. The lowest BCUT2D eigenvalue weighted by Gasteiger charge is -2.14. The number of hydrogen-bond acceptors (Lipinski definition) is 2. The van der Waals surface area contributed by atoms with Crippen LogP contribution in [0.5, 0.6) is 0 Å². The number of ether oxygens (including phenoxy) is 1. The summed E-state index contributed by atoms with van der Waals surface area (Å²) >= 11 is 0. The number of carbonyl (C=O) groups excluding carboxylic acids is 1. The number of benzene rings is 1. The topological polar surface area (TPSA) is 26.3 Å². The van der Waals surface area contributed by atoms with Gasteiger partial charge in [0.05, 0.1) is 12.2 Å². The molecule has 0 unspecified atom stereocenters. The van der Waals surface area contributed by atoms with Gasteiger partial charge in [-0.05, 0) is 36.7 Å². The predicted octanol–water partition coefficient (Wildman–Crippen LogP) is 3.01. The molecule has 0 aliphatic rings. The summed E-state index contributed by atoms with van der Waals surface area (Å²) in [5.41, 5.74) is 0.675. The third-order valence-electron chi connectivity index (χ3n) is 2.49. The van der Waals surface area contributed by atoms with E-state index >= 15 is 0 Å². The zero-order valence-electron chi connectivity index (χ0n) is 10.2. The average molecular weight is 238 g/mol. The molecule has 3 heteroatoms. The molecule has 0 saturated heterocycles. The first-order valence-corrected chi connectivity index (χ1v) is 7.46. The second kappa shape index (κ2) is 6.65. The maximum absolute atomic E-state index is 11.6. The highest BCUT2D eigenvalue weighted by atomic mass is 31.1. The highest BCUT2D eigenvalue weighted by Gasteiger charge is 2.10. The molecule has 0 aliphatic heterocycles. The van der Waals surface area contributed by atoms with Crippen molar-refractivity contribution in [2.45, 2.75) is 20.8 Å². The number of hydrogen-bond donors (Lipinski definition) is 0. The maximum Gasteiger partial charge on any atom is 0.338 e. The van der Waals surface area contributed by atoms with Crippen molar-refractivity contribution in [2.75, 3.05) is 18.9 Å². The minimum Gasteiger partial charge on any atom is -0.462 e.